The van der Waals surface area contributed by atoms with Gasteiger partial charge in [-0.25, -0.2) is 0 Å². The maximum Gasteiger partial charge on any atom is 0.253 e. The van der Waals surface area contributed by atoms with Gasteiger partial charge >= 0.3 is 0 Å². The molecule has 1 aliphatic heterocycles. The normalized spacial score (nSPS) is 18.2. The third kappa shape index (κ3) is 6.31. The number of carbonyl (C=O) groups is 4. The maximum atomic E-state index is 13.7. The molecular weight excluding hydrogens is 480 g/mol. The Kier molecular flexibility index (Phi) is 8.55. The minimum Gasteiger partial charge on any atom is -0.382 e. The van der Waals surface area contributed by atoms with E-state index < -0.39 is 47.2 Å². The lowest BCUT2D eigenvalue weighted by molar-refractivity contribution is -0.147. The maximum absolute atomic E-state index is 13.7. The highest BCUT2D eigenvalue weighted by molar-refractivity contribution is 7.99. The van der Waals surface area contributed by atoms with Crippen LogP contribution >= 0.6 is 11.8 Å². The third-order valence-corrected chi connectivity index (χ3v) is 6.88. The smallest absolute Gasteiger partial charge is 0.253 e. The number of aliphatic hydroxyl groups excluding tert-OH is 1. The van der Waals surface area contributed by atoms with Crippen molar-refractivity contribution in [3.8, 4) is 0 Å². The Balaban J connectivity index is 1.96. The molecule has 3 amide bonds. The van der Waals surface area contributed by atoms with Gasteiger partial charge in [0.25, 0.3) is 5.91 Å². The average Bonchev–Trinajstić information content (AvgIpc) is 3.33. The molecular formula is C26H32N4O5S. The Morgan fingerprint density at radius 2 is 1.69 bits per heavy atom. The van der Waals surface area contributed by atoms with E-state index in [2.05, 4.69) is 5.32 Å². The zero-order valence-corrected chi connectivity index (χ0v) is 21.3. The molecule has 0 spiro atoms. The van der Waals surface area contributed by atoms with E-state index in [4.69, 9.17) is 11.5 Å². The van der Waals surface area contributed by atoms with Crippen LogP contribution in [-0.2, 0) is 9.59 Å². The van der Waals surface area contributed by atoms with Crippen molar-refractivity contribution in [2.75, 3.05) is 11.6 Å². The quantitative estimate of drug-likeness (QED) is 0.390. The molecule has 1 heterocycles. The summed E-state index contributed by atoms with van der Waals surface area (Å²) in [5, 5.41) is 14.2. The second-order valence-corrected chi connectivity index (χ2v) is 10.8. The largest absolute Gasteiger partial charge is 0.382 e. The number of hydrogen-bond donors (Lipinski definition) is 4. The molecule has 1 unspecified atom stereocenters. The predicted molar refractivity (Wildman–Crippen MR) is 138 cm³/mol. The van der Waals surface area contributed by atoms with Crippen LogP contribution in [0.2, 0.25) is 0 Å². The van der Waals surface area contributed by atoms with Crippen molar-refractivity contribution in [3.63, 3.8) is 0 Å². The second kappa shape index (κ2) is 11.2. The number of ketones is 1. The first kappa shape index (κ1) is 27.4. The Morgan fingerprint density at radius 1 is 1.06 bits per heavy atom. The molecule has 0 aliphatic carbocycles. The molecule has 1 saturated heterocycles. The zero-order chi connectivity index (χ0) is 26.6. The molecule has 4 atom stereocenters. The number of hydrogen-bond acceptors (Lipinski definition) is 7. The van der Waals surface area contributed by atoms with E-state index in [1.165, 1.54) is 40.9 Å². The molecule has 1 aliphatic rings. The van der Waals surface area contributed by atoms with Gasteiger partial charge in [-0.2, -0.15) is 0 Å². The molecule has 6 N–H and O–H groups in total. The van der Waals surface area contributed by atoms with Crippen molar-refractivity contribution >= 4 is 35.3 Å². The van der Waals surface area contributed by atoms with Gasteiger partial charge in [-0.05, 0) is 38.5 Å². The number of nitrogens with zero attached hydrogens (tertiary/aromatic N) is 1. The van der Waals surface area contributed by atoms with Gasteiger partial charge in [0.2, 0.25) is 11.8 Å². The Morgan fingerprint density at radius 3 is 2.31 bits per heavy atom. The molecule has 10 heteroatoms. The average molecular weight is 513 g/mol. The number of rotatable bonds is 8. The lowest BCUT2D eigenvalue weighted by Crippen LogP contribution is -2.56. The number of amides is 3. The molecule has 192 valence electrons. The van der Waals surface area contributed by atoms with Crippen molar-refractivity contribution in [2.45, 2.75) is 44.5 Å². The van der Waals surface area contributed by atoms with Crippen LogP contribution in [0, 0.1) is 5.92 Å². The van der Waals surface area contributed by atoms with Gasteiger partial charge < -0.3 is 26.8 Å². The minimum atomic E-state index is -1.83. The summed E-state index contributed by atoms with van der Waals surface area (Å²) in [6.07, 6.45) is -1.83. The summed E-state index contributed by atoms with van der Waals surface area (Å²) in [7, 11) is 0. The van der Waals surface area contributed by atoms with Crippen LogP contribution in [0.15, 0.2) is 54.6 Å². The predicted octanol–water partition coefficient (Wildman–Crippen LogP) is 1.46. The number of aliphatic hydroxyl groups is 1. The van der Waals surface area contributed by atoms with Gasteiger partial charge in [-0.3, -0.25) is 19.2 Å². The molecule has 0 saturated carbocycles. The third-order valence-electron chi connectivity index (χ3n) is 5.87. The molecule has 9 nitrogen and oxygen atoms in total. The SMILES string of the molecule is CC(C)(C)NC(=O)[C@@H]1CSCN1C(=O)[C@@H](O)[C@@H](C(=O)c1cccc(C(N)=O)c1)C(N)c1ccccc1. The van der Waals surface area contributed by atoms with E-state index in [1.807, 2.05) is 20.8 Å². The van der Waals surface area contributed by atoms with Crippen molar-refractivity contribution in [1.29, 1.82) is 0 Å². The molecule has 2 aromatic carbocycles. The van der Waals surface area contributed by atoms with Gasteiger partial charge in [-0.15, -0.1) is 11.8 Å². The molecule has 3 rings (SSSR count). The number of Topliss-reactive ketones (excluding diaryl/α,β-unsaturated/α-hetero) is 1. The van der Waals surface area contributed by atoms with Crippen LogP contribution in [0.25, 0.3) is 0 Å². The van der Waals surface area contributed by atoms with Crippen LogP contribution < -0.4 is 16.8 Å². The summed E-state index contributed by atoms with van der Waals surface area (Å²) in [4.78, 5) is 52.9. The number of primary amides is 1. The van der Waals surface area contributed by atoms with Crippen molar-refractivity contribution in [3.05, 3.63) is 71.3 Å². The number of benzene rings is 2. The number of carbonyl (C=O) groups excluding carboxylic acids is 4. The fraction of sp³-hybridized carbons (Fsp3) is 0.385. The molecule has 36 heavy (non-hydrogen) atoms. The van der Waals surface area contributed by atoms with Crippen LogP contribution in [0.1, 0.15) is 53.1 Å². The topological polar surface area (TPSA) is 156 Å². The lowest BCUT2D eigenvalue weighted by atomic mass is 9.82. The van der Waals surface area contributed by atoms with Crippen molar-refractivity contribution in [2.24, 2.45) is 17.4 Å². The summed E-state index contributed by atoms with van der Waals surface area (Å²) in [6.45, 7) is 5.51. The van der Waals surface area contributed by atoms with Gasteiger partial charge in [0.15, 0.2) is 5.78 Å². The molecule has 2 aromatic rings. The van der Waals surface area contributed by atoms with E-state index in [0.29, 0.717) is 11.3 Å². The monoisotopic (exact) mass is 512 g/mol. The van der Waals surface area contributed by atoms with Crippen LogP contribution in [0.5, 0.6) is 0 Å². The Labute approximate surface area is 214 Å². The van der Waals surface area contributed by atoms with Gasteiger partial charge in [0.1, 0.15) is 12.1 Å². The molecule has 0 bridgehead atoms. The van der Waals surface area contributed by atoms with Crippen molar-refractivity contribution < 1.29 is 24.3 Å². The highest BCUT2D eigenvalue weighted by Crippen LogP contribution is 2.30. The highest BCUT2D eigenvalue weighted by Gasteiger charge is 2.44. The van der Waals surface area contributed by atoms with Gasteiger partial charge in [-0.1, -0.05) is 42.5 Å². The van der Waals surface area contributed by atoms with E-state index in [-0.39, 0.29) is 22.9 Å². The second-order valence-electron chi connectivity index (χ2n) is 9.78. The zero-order valence-electron chi connectivity index (χ0n) is 20.5. The molecule has 0 radical (unpaired) electrons. The fourth-order valence-electron chi connectivity index (χ4n) is 4.06. The standard InChI is InChI=1S/C26H32N4O5S/c1-26(2,3)29-24(34)18-13-36-14-30(18)25(35)22(32)19(20(27)15-8-5-4-6-9-15)21(31)16-10-7-11-17(12-16)23(28)33/h4-12,18-20,22,32H,13-14,27H2,1-3H3,(H2,28,33)(H,29,34)/t18-,19+,20?,22-/m0/s1. The van der Waals surface area contributed by atoms with Crippen LogP contribution in [0.3, 0.4) is 0 Å². The number of nitrogens with two attached hydrogens (primary N) is 2. The van der Waals surface area contributed by atoms with E-state index >= 15 is 0 Å². The first-order valence-electron chi connectivity index (χ1n) is 11.5. The van der Waals surface area contributed by atoms with E-state index in [9.17, 15) is 24.3 Å². The number of nitrogens with one attached hydrogen (secondary N) is 1. The minimum absolute atomic E-state index is 0.0901. The summed E-state index contributed by atoms with van der Waals surface area (Å²) >= 11 is 1.38. The summed E-state index contributed by atoms with van der Waals surface area (Å²) < 4.78 is 0. The Hall–Kier alpha value is -3.21. The van der Waals surface area contributed by atoms with Crippen LogP contribution in [0.4, 0.5) is 0 Å². The van der Waals surface area contributed by atoms with E-state index in [1.54, 1.807) is 30.3 Å². The molecule has 0 aromatic heterocycles. The van der Waals surface area contributed by atoms with E-state index in [0.717, 1.165) is 0 Å². The molecule has 1 fully saturated rings. The highest BCUT2D eigenvalue weighted by atomic mass is 32.2. The van der Waals surface area contributed by atoms with Gasteiger partial charge in [0.05, 0.1) is 11.8 Å². The van der Waals surface area contributed by atoms with Crippen molar-refractivity contribution in [1.82, 2.24) is 10.2 Å². The van der Waals surface area contributed by atoms with Gasteiger partial charge in [0, 0.05) is 28.5 Å². The number of thioether (sulfide) groups is 1. The first-order valence-corrected chi connectivity index (χ1v) is 12.7. The Bertz CT molecular complexity index is 1130. The summed E-state index contributed by atoms with van der Waals surface area (Å²) in [5.74, 6) is -3.24. The van der Waals surface area contributed by atoms with Crippen LogP contribution in [-0.4, -0.2) is 62.8 Å². The lowest BCUT2D eigenvalue weighted by Gasteiger charge is -2.32. The first-order chi connectivity index (χ1) is 16.9. The summed E-state index contributed by atoms with van der Waals surface area (Å²) in [6, 6.07) is 12.6. The fourth-order valence-corrected chi connectivity index (χ4v) is 5.22. The summed E-state index contributed by atoms with van der Waals surface area (Å²) in [5.41, 5.74) is 12.1.